The first kappa shape index (κ1) is 13.7. The highest BCUT2D eigenvalue weighted by Crippen LogP contribution is 2.18. The minimum atomic E-state index is -0.181. The summed E-state index contributed by atoms with van der Waals surface area (Å²) in [6, 6.07) is 3.47. The molecule has 1 saturated heterocycles. The van der Waals surface area contributed by atoms with Gasteiger partial charge in [-0.2, -0.15) is 0 Å². The normalized spacial score (nSPS) is 14.5. The van der Waals surface area contributed by atoms with Crippen molar-refractivity contribution >= 4 is 18.3 Å². The maximum absolute atomic E-state index is 11.3. The molecule has 2 N–H and O–H groups in total. The van der Waals surface area contributed by atoms with E-state index in [9.17, 15) is 4.79 Å². The van der Waals surface area contributed by atoms with Crippen LogP contribution in [0.4, 0.5) is 0 Å². The van der Waals surface area contributed by atoms with Gasteiger partial charge in [-0.1, -0.05) is 0 Å². The van der Waals surface area contributed by atoms with Crippen molar-refractivity contribution in [3.63, 3.8) is 0 Å². The molecule has 0 saturated carbocycles. The molecule has 94 valence electrons. The lowest BCUT2D eigenvalue weighted by Gasteiger charge is -2.28. The van der Waals surface area contributed by atoms with E-state index >= 15 is 0 Å². The van der Waals surface area contributed by atoms with Gasteiger partial charge in [-0.05, 0) is 19.1 Å². The molecule has 0 bridgehead atoms. The molecule has 0 aromatic carbocycles. The number of halogens is 1. The monoisotopic (exact) mass is 257 g/mol. The summed E-state index contributed by atoms with van der Waals surface area (Å²) in [6.07, 6.45) is 0.228. The van der Waals surface area contributed by atoms with Crippen LogP contribution in [0, 0.1) is 6.92 Å². The Bertz CT molecular complexity index is 408. The summed E-state index contributed by atoms with van der Waals surface area (Å²) >= 11 is 0. The van der Waals surface area contributed by atoms with Crippen LogP contribution in [0.25, 0.3) is 0 Å². The van der Waals surface area contributed by atoms with Gasteiger partial charge in [0.05, 0.1) is 5.69 Å². The Morgan fingerprint density at radius 2 is 2.24 bits per heavy atom. The fourth-order valence-electron chi connectivity index (χ4n) is 1.45. The van der Waals surface area contributed by atoms with E-state index in [1.165, 1.54) is 0 Å². The van der Waals surface area contributed by atoms with Gasteiger partial charge >= 0.3 is 0 Å². The van der Waals surface area contributed by atoms with Crippen molar-refractivity contribution in [3.05, 3.63) is 23.5 Å². The predicted molar refractivity (Wildman–Crippen MR) is 66.9 cm³/mol. The third-order valence-corrected chi connectivity index (χ3v) is 2.53. The molecule has 0 spiro atoms. The molecule has 1 fully saturated rings. The second-order valence-electron chi connectivity index (χ2n) is 3.76. The summed E-state index contributed by atoms with van der Waals surface area (Å²) in [6.45, 7) is 3.58. The van der Waals surface area contributed by atoms with Crippen molar-refractivity contribution in [2.45, 2.75) is 13.0 Å². The zero-order valence-corrected chi connectivity index (χ0v) is 10.6. The standard InChI is InChI=1S/C11H15N3O2.ClH/c1-7-10(16-8-5-13-6-8)4-3-9(14-7)11(15)12-2;/h3-4,8,13H,5-6H2,1-2H3,(H,12,15);1H. The Labute approximate surface area is 106 Å². The lowest BCUT2D eigenvalue weighted by Crippen LogP contribution is -2.50. The summed E-state index contributed by atoms with van der Waals surface area (Å²) in [4.78, 5) is 15.5. The van der Waals surface area contributed by atoms with E-state index in [2.05, 4.69) is 15.6 Å². The van der Waals surface area contributed by atoms with Gasteiger partial charge in [0.25, 0.3) is 5.91 Å². The zero-order valence-electron chi connectivity index (χ0n) is 9.82. The third-order valence-electron chi connectivity index (χ3n) is 2.53. The quantitative estimate of drug-likeness (QED) is 0.829. The lowest BCUT2D eigenvalue weighted by molar-refractivity contribution is 0.0957. The second kappa shape index (κ2) is 5.84. The zero-order chi connectivity index (χ0) is 11.5. The highest BCUT2D eigenvalue weighted by molar-refractivity contribution is 5.92. The van der Waals surface area contributed by atoms with Gasteiger partial charge < -0.3 is 15.4 Å². The van der Waals surface area contributed by atoms with Crippen molar-refractivity contribution in [3.8, 4) is 5.75 Å². The van der Waals surface area contributed by atoms with Crippen LogP contribution in [0.15, 0.2) is 12.1 Å². The number of aryl methyl sites for hydroxylation is 1. The number of rotatable bonds is 3. The molecule has 0 unspecified atom stereocenters. The molecule has 1 amide bonds. The number of aromatic nitrogens is 1. The number of carbonyl (C=O) groups is 1. The molecule has 6 heteroatoms. The largest absolute Gasteiger partial charge is 0.486 e. The van der Waals surface area contributed by atoms with E-state index in [4.69, 9.17) is 4.74 Å². The van der Waals surface area contributed by atoms with Crippen molar-refractivity contribution in [1.29, 1.82) is 0 Å². The number of pyridine rings is 1. The van der Waals surface area contributed by atoms with Crippen LogP contribution in [0.2, 0.25) is 0 Å². The first-order valence-corrected chi connectivity index (χ1v) is 5.28. The summed E-state index contributed by atoms with van der Waals surface area (Å²) in [5, 5.41) is 5.67. The number of carbonyl (C=O) groups excluding carboxylic acids is 1. The molecular formula is C11H16ClN3O2. The van der Waals surface area contributed by atoms with E-state index in [1.807, 2.05) is 6.92 Å². The lowest BCUT2D eigenvalue weighted by atomic mass is 10.2. The maximum atomic E-state index is 11.3. The first-order valence-electron chi connectivity index (χ1n) is 5.28. The average Bonchev–Trinajstić information content (AvgIpc) is 2.23. The number of amides is 1. The van der Waals surface area contributed by atoms with Gasteiger partial charge in [0.2, 0.25) is 0 Å². The van der Waals surface area contributed by atoms with Gasteiger partial charge in [-0.3, -0.25) is 4.79 Å². The van der Waals surface area contributed by atoms with Crippen molar-refractivity contribution in [2.75, 3.05) is 20.1 Å². The molecule has 5 nitrogen and oxygen atoms in total. The second-order valence-corrected chi connectivity index (χ2v) is 3.76. The van der Waals surface area contributed by atoms with Crippen molar-refractivity contribution in [2.24, 2.45) is 0 Å². The van der Waals surface area contributed by atoms with Gasteiger partial charge in [0.1, 0.15) is 17.5 Å². The molecule has 17 heavy (non-hydrogen) atoms. The molecule has 1 aliphatic heterocycles. The number of hydrogen-bond acceptors (Lipinski definition) is 4. The number of hydrogen-bond donors (Lipinski definition) is 2. The maximum Gasteiger partial charge on any atom is 0.269 e. The van der Waals surface area contributed by atoms with Crippen LogP contribution >= 0.6 is 12.4 Å². The van der Waals surface area contributed by atoms with E-state index in [0.29, 0.717) is 5.69 Å². The van der Waals surface area contributed by atoms with Crippen molar-refractivity contribution < 1.29 is 9.53 Å². The average molecular weight is 258 g/mol. The number of ether oxygens (including phenoxy) is 1. The summed E-state index contributed by atoms with van der Waals surface area (Å²) in [7, 11) is 1.59. The molecule has 0 atom stereocenters. The minimum absolute atomic E-state index is 0. The highest BCUT2D eigenvalue weighted by atomic mass is 35.5. The van der Waals surface area contributed by atoms with Crippen molar-refractivity contribution in [1.82, 2.24) is 15.6 Å². The Balaban J connectivity index is 0.00000144. The summed E-state index contributed by atoms with van der Waals surface area (Å²) in [5.41, 5.74) is 1.16. The van der Waals surface area contributed by atoms with E-state index in [1.54, 1.807) is 19.2 Å². The van der Waals surface area contributed by atoms with E-state index in [0.717, 1.165) is 24.5 Å². The van der Waals surface area contributed by atoms with Gasteiger partial charge in [-0.15, -0.1) is 12.4 Å². The first-order chi connectivity index (χ1) is 7.70. The molecule has 2 rings (SSSR count). The van der Waals surface area contributed by atoms with Gasteiger partial charge in [0.15, 0.2) is 0 Å². The summed E-state index contributed by atoms with van der Waals surface area (Å²) in [5.74, 6) is 0.569. The van der Waals surface area contributed by atoms with Crippen LogP contribution < -0.4 is 15.4 Å². The fraction of sp³-hybridized carbons (Fsp3) is 0.455. The Hall–Kier alpha value is -1.33. The Morgan fingerprint density at radius 3 is 2.71 bits per heavy atom. The molecule has 1 aromatic heterocycles. The molecular weight excluding hydrogens is 242 g/mol. The SMILES string of the molecule is CNC(=O)c1ccc(OC2CNC2)c(C)n1.Cl. The van der Waals surface area contributed by atoms with E-state index in [-0.39, 0.29) is 24.4 Å². The van der Waals surface area contributed by atoms with Crippen LogP contribution in [-0.2, 0) is 0 Å². The predicted octanol–water partition coefficient (Wildman–Crippen LogP) is 0.522. The molecule has 0 aliphatic carbocycles. The Morgan fingerprint density at radius 1 is 1.53 bits per heavy atom. The number of nitrogens with one attached hydrogen (secondary N) is 2. The molecule has 2 heterocycles. The topological polar surface area (TPSA) is 63.2 Å². The minimum Gasteiger partial charge on any atom is -0.486 e. The van der Waals surface area contributed by atoms with Crippen LogP contribution in [0.3, 0.4) is 0 Å². The van der Waals surface area contributed by atoms with E-state index < -0.39 is 0 Å². The van der Waals surface area contributed by atoms with Crippen LogP contribution in [-0.4, -0.2) is 37.1 Å². The van der Waals surface area contributed by atoms with Crippen LogP contribution in [0.5, 0.6) is 5.75 Å². The smallest absolute Gasteiger partial charge is 0.269 e. The van der Waals surface area contributed by atoms with Crippen LogP contribution in [0.1, 0.15) is 16.2 Å². The molecule has 0 radical (unpaired) electrons. The summed E-state index contributed by atoms with van der Waals surface area (Å²) < 4.78 is 5.69. The number of nitrogens with zero attached hydrogens (tertiary/aromatic N) is 1. The third kappa shape index (κ3) is 3.08. The molecule has 1 aliphatic rings. The van der Waals surface area contributed by atoms with Gasteiger partial charge in [0, 0.05) is 20.1 Å². The highest BCUT2D eigenvalue weighted by Gasteiger charge is 2.19. The molecule has 1 aromatic rings. The Kier molecular flexibility index (Phi) is 4.72. The fourth-order valence-corrected chi connectivity index (χ4v) is 1.45. The van der Waals surface area contributed by atoms with Gasteiger partial charge in [-0.25, -0.2) is 4.98 Å².